The van der Waals surface area contributed by atoms with Crippen LogP contribution in [-0.2, 0) is 0 Å². The van der Waals surface area contributed by atoms with E-state index < -0.39 is 6.89 Å². The van der Waals surface area contributed by atoms with Crippen molar-refractivity contribution in [1.82, 2.24) is 0 Å². The predicted molar refractivity (Wildman–Crippen MR) is 102 cm³/mol. The fourth-order valence-corrected chi connectivity index (χ4v) is 5.86. The second-order valence-corrected chi connectivity index (χ2v) is 9.25. The third-order valence-electron chi connectivity index (χ3n) is 3.89. The van der Waals surface area contributed by atoms with Gasteiger partial charge in [-0.2, -0.15) is 0 Å². The molecule has 0 bridgehead atoms. The van der Waals surface area contributed by atoms with Crippen molar-refractivity contribution in [3.63, 3.8) is 0 Å². The molecule has 0 unspecified atom stereocenters. The van der Waals surface area contributed by atoms with Gasteiger partial charge in [0.2, 0.25) is 0 Å². The fourth-order valence-electron chi connectivity index (χ4n) is 2.63. The Hall–Kier alpha value is -1.75. The molecule has 0 amide bonds. The predicted octanol–water partition coefficient (Wildman–Crippen LogP) is 4.79. The largest absolute Gasteiger partial charge is 0.0837 e. The molecule has 0 radical (unpaired) electrons. The van der Waals surface area contributed by atoms with Crippen molar-refractivity contribution in [2.24, 2.45) is 0 Å². The van der Waals surface area contributed by atoms with Crippen LogP contribution in [0.1, 0.15) is 5.56 Å². The van der Waals surface area contributed by atoms with Gasteiger partial charge in [-0.3, -0.25) is 0 Å². The average Bonchev–Trinajstić information content (AvgIpc) is 2.58. The zero-order valence-electron chi connectivity index (χ0n) is 12.5. The Morgan fingerprint density at radius 2 is 1.14 bits per heavy atom. The van der Waals surface area contributed by atoms with Crippen LogP contribution in [0, 0.1) is 0 Å². The summed E-state index contributed by atoms with van der Waals surface area (Å²) in [4.78, 5) is 0. The van der Waals surface area contributed by atoms with Crippen LogP contribution in [0.5, 0.6) is 0 Å². The normalized spacial score (nSPS) is 11.2. The fraction of sp³-hybridized carbons (Fsp3) is 0.0500. The van der Waals surface area contributed by atoms with Gasteiger partial charge >= 0.3 is 0 Å². The van der Waals surface area contributed by atoms with Gasteiger partial charge in [0.1, 0.15) is 0 Å². The first-order valence-electron chi connectivity index (χ1n) is 7.28. The maximum atomic E-state index is 6.39. The van der Waals surface area contributed by atoms with Crippen LogP contribution >= 0.6 is 18.5 Å². The van der Waals surface area contributed by atoms with E-state index in [-0.39, 0.29) is 0 Å². The van der Waals surface area contributed by atoms with E-state index in [9.17, 15) is 0 Å². The van der Waals surface area contributed by atoms with E-state index in [0.29, 0.717) is 0 Å². The SMILES string of the molecule is CP(=Cc1ccccc1Cl)(c1ccccc1)c1ccccc1. The smallest absolute Gasteiger partial charge is 0.0478 e. The van der Waals surface area contributed by atoms with Crippen molar-refractivity contribution in [2.45, 2.75) is 0 Å². The second kappa shape index (κ2) is 6.57. The Morgan fingerprint density at radius 3 is 1.64 bits per heavy atom. The summed E-state index contributed by atoms with van der Waals surface area (Å²) >= 11 is 6.39. The Bertz CT molecular complexity index is 764. The lowest BCUT2D eigenvalue weighted by Gasteiger charge is -2.23. The quantitative estimate of drug-likeness (QED) is 0.608. The van der Waals surface area contributed by atoms with Crippen molar-refractivity contribution in [2.75, 3.05) is 6.66 Å². The van der Waals surface area contributed by atoms with Crippen molar-refractivity contribution in [3.8, 4) is 0 Å². The monoisotopic (exact) mass is 324 g/mol. The molecule has 0 fully saturated rings. The molecule has 0 heterocycles. The topological polar surface area (TPSA) is 0 Å². The van der Waals surface area contributed by atoms with Crippen LogP contribution in [0.2, 0.25) is 5.02 Å². The van der Waals surface area contributed by atoms with Gasteiger partial charge in [0, 0.05) is 5.02 Å². The molecule has 2 heteroatoms. The van der Waals surface area contributed by atoms with Gasteiger partial charge < -0.3 is 0 Å². The van der Waals surface area contributed by atoms with Crippen molar-refractivity contribution in [1.29, 1.82) is 0 Å². The highest BCUT2D eigenvalue weighted by Crippen LogP contribution is 2.41. The molecule has 110 valence electrons. The summed E-state index contributed by atoms with van der Waals surface area (Å²) < 4.78 is 0. The lowest BCUT2D eigenvalue weighted by molar-refractivity contribution is 1.68. The van der Waals surface area contributed by atoms with Crippen LogP contribution in [0.3, 0.4) is 0 Å². The second-order valence-electron chi connectivity index (χ2n) is 5.40. The molecule has 3 aromatic rings. The minimum atomic E-state index is -1.63. The molecule has 0 saturated carbocycles. The lowest BCUT2D eigenvalue weighted by atomic mass is 10.2. The lowest BCUT2D eigenvalue weighted by Crippen LogP contribution is -2.17. The van der Waals surface area contributed by atoms with Gasteiger partial charge in [0.05, 0.1) is 0 Å². The highest BCUT2D eigenvalue weighted by molar-refractivity contribution is 7.88. The van der Waals surface area contributed by atoms with Crippen LogP contribution in [0.4, 0.5) is 0 Å². The van der Waals surface area contributed by atoms with E-state index in [1.807, 2.05) is 18.2 Å². The Morgan fingerprint density at radius 1 is 0.682 bits per heavy atom. The first kappa shape index (κ1) is 15.2. The van der Waals surface area contributed by atoms with Gasteiger partial charge in [-0.15, -0.1) is 0 Å². The highest BCUT2D eigenvalue weighted by atomic mass is 35.5. The van der Waals surface area contributed by atoms with Crippen molar-refractivity contribution < 1.29 is 0 Å². The maximum Gasteiger partial charge on any atom is 0.0478 e. The molecule has 0 aliphatic rings. The standard InChI is InChI=1S/C20H18ClP/c1-22(18-11-4-2-5-12-18,19-13-6-3-7-14-19)16-17-10-8-9-15-20(17)21/h2-16H,1H3. The zero-order valence-corrected chi connectivity index (χ0v) is 14.1. The van der Waals surface area contributed by atoms with E-state index in [2.05, 4.69) is 79.2 Å². The minimum absolute atomic E-state index is 0.806. The molecule has 0 aliphatic carbocycles. The molecule has 22 heavy (non-hydrogen) atoms. The molecule has 0 saturated heterocycles. The first-order valence-corrected chi connectivity index (χ1v) is 9.96. The van der Waals surface area contributed by atoms with E-state index in [1.54, 1.807) is 0 Å². The average molecular weight is 325 g/mol. The van der Waals surface area contributed by atoms with Crippen LogP contribution in [0.15, 0.2) is 84.9 Å². The van der Waals surface area contributed by atoms with Crippen molar-refractivity contribution in [3.05, 3.63) is 95.5 Å². The third-order valence-corrected chi connectivity index (χ3v) is 7.77. The van der Waals surface area contributed by atoms with Gasteiger partial charge in [0.15, 0.2) is 0 Å². The van der Waals surface area contributed by atoms with Gasteiger partial charge in [-0.25, -0.2) is 0 Å². The Labute approximate surface area is 137 Å². The molecule has 3 rings (SSSR count). The summed E-state index contributed by atoms with van der Waals surface area (Å²) in [5.74, 6) is 2.36. The first-order chi connectivity index (χ1) is 10.7. The Balaban J connectivity index is 2.27. The van der Waals surface area contributed by atoms with Gasteiger partial charge in [-0.1, -0.05) is 97.3 Å². The maximum absolute atomic E-state index is 6.39. The highest BCUT2D eigenvalue weighted by Gasteiger charge is 2.17. The number of halogens is 1. The summed E-state index contributed by atoms with van der Waals surface area (Å²) in [7, 11) is 0. The van der Waals surface area contributed by atoms with Crippen molar-refractivity contribution >= 4 is 34.9 Å². The molecular weight excluding hydrogens is 307 g/mol. The molecule has 3 aromatic carbocycles. The van der Waals surface area contributed by atoms with Crippen LogP contribution < -0.4 is 10.6 Å². The van der Waals surface area contributed by atoms with Crippen LogP contribution in [-0.4, -0.2) is 12.5 Å². The van der Waals surface area contributed by atoms with E-state index in [0.717, 1.165) is 10.6 Å². The number of rotatable bonds is 3. The molecular formula is C20H18ClP. The number of hydrogen-bond acceptors (Lipinski definition) is 0. The molecule has 0 aromatic heterocycles. The molecule has 0 atom stereocenters. The third kappa shape index (κ3) is 3.04. The van der Waals surface area contributed by atoms with E-state index >= 15 is 0 Å². The summed E-state index contributed by atoms with van der Waals surface area (Å²) in [6.45, 7) is 0.716. The molecule has 0 N–H and O–H groups in total. The molecule has 0 aliphatic heterocycles. The minimum Gasteiger partial charge on any atom is -0.0837 e. The van der Waals surface area contributed by atoms with Gasteiger partial charge in [0.25, 0.3) is 0 Å². The molecule has 0 spiro atoms. The Kier molecular flexibility index (Phi) is 4.52. The summed E-state index contributed by atoms with van der Waals surface area (Å²) in [5.41, 5.74) is 1.10. The summed E-state index contributed by atoms with van der Waals surface area (Å²) in [6.07, 6.45) is 0. The van der Waals surface area contributed by atoms with Gasteiger partial charge in [-0.05, 0) is 34.7 Å². The number of benzene rings is 3. The summed E-state index contributed by atoms with van der Waals surface area (Å²) in [6, 6.07) is 29.5. The number of hydrogen-bond donors (Lipinski definition) is 0. The van der Waals surface area contributed by atoms with Crippen LogP contribution in [0.25, 0.3) is 0 Å². The molecule has 0 nitrogen and oxygen atoms in total. The zero-order chi connectivity index (χ0) is 15.4. The summed E-state index contributed by atoms with van der Waals surface area (Å²) in [5, 5.41) is 3.53. The van der Waals surface area contributed by atoms with E-state index in [4.69, 9.17) is 11.6 Å². The van der Waals surface area contributed by atoms with E-state index in [1.165, 1.54) is 10.6 Å².